The van der Waals surface area contributed by atoms with Crippen LogP contribution in [0, 0.1) is 16.7 Å². The summed E-state index contributed by atoms with van der Waals surface area (Å²) >= 11 is 0. The number of esters is 1. The predicted octanol–water partition coefficient (Wildman–Crippen LogP) is 7.13. The Morgan fingerprint density at radius 3 is 2.17 bits per heavy atom. The van der Waals surface area contributed by atoms with Gasteiger partial charge in [0.15, 0.2) is 0 Å². The van der Waals surface area contributed by atoms with Crippen LogP contribution in [0.5, 0.6) is 5.75 Å². The van der Waals surface area contributed by atoms with Crippen molar-refractivity contribution >= 4 is 16.9 Å². The second-order valence-electron chi connectivity index (χ2n) is 12.4. The highest BCUT2D eigenvalue weighted by molar-refractivity contribution is 5.82. The molecule has 3 rings (SSSR count). The zero-order valence-corrected chi connectivity index (χ0v) is 23.9. The highest BCUT2D eigenvalue weighted by Gasteiger charge is 2.48. The molecule has 0 aliphatic heterocycles. The van der Waals surface area contributed by atoms with Crippen molar-refractivity contribution in [3.63, 3.8) is 0 Å². The van der Waals surface area contributed by atoms with Gasteiger partial charge in [0.1, 0.15) is 11.3 Å². The molecule has 40 heavy (non-hydrogen) atoms. The number of fused-ring (bicyclic) bond motifs is 1. The van der Waals surface area contributed by atoms with Crippen LogP contribution in [0.15, 0.2) is 63.8 Å². The van der Waals surface area contributed by atoms with Gasteiger partial charge in [-0.3, -0.25) is 4.79 Å². The molecular formula is C31H38F3NO5. The number of rotatable bonds is 10. The molecule has 0 radical (unpaired) electrons. The second-order valence-corrected chi connectivity index (χ2v) is 12.4. The van der Waals surface area contributed by atoms with Crippen molar-refractivity contribution in [2.75, 3.05) is 13.2 Å². The smallest absolute Gasteiger partial charge is 0.389 e. The summed E-state index contributed by atoms with van der Waals surface area (Å²) in [5.74, 6) is -1.59. The molecule has 0 bridgehead atoms. The maximum atomic E-state index is 13.4. The van der Waals surface area contributed by atoms with Crippen molar-refractivity contribution in [3.8, 4) is 16.9 Å². The third-order valence-electron chi connectivity index (χ3n) is 7.00. The molecule has 0 amide bonds. The molecular weight excluding hydrogens is 523 g/mol. The van der Waals surface area contributed by atoms with Crippen LogP contribution < -0.4 is 16.1 Å². The van der Waals surface area contributed by atoms with E-state index < -0.39 is 47.7 Å². The Morgan fingerprint density at radius 2 is 1.60 bits per heavy atom. The van der Waals surface area contributed by atoms with Gasteiger partial charge in [-0.05, 0) is 56.4 Å². The van der Waals surface area contributed by atoms with Crippen molar-refractivity contribution in [2.24, 2.45) is 22.5 Å². The first kappa shape index (κ1) is 31.2. The Morgan fingerprint density at radius 1 is 0.950 bits per heavy atom. The normalized spacial score (nSPS) is 14.9. The van der Waals surface area contributed by atoms with Gasteiger partial charge in [-0.2, -0.15) is 13.2 Å². The summed E-state index contributed by atoms with van der Waals surface area (Å²) in [5, 5.41) is 0.633. The largest absolute Gasteiger partial charge is 0.493 e. The summed E-state index contributed by atoms with van der Waals surface area (Å²) in [6.07, 6.45) is -5.31. The molecule has 0 spiro atoms. The maximum absolute atomic E-state index is 13.4. The number of nitrogens with two attached hydrogens (primary N) is 1. The van der Waals surface area contributed by atoms with E-state index in [-0.39, 0.29) is 23.4 Å². The second kappa shape index (κ2) is 11.6. The Bertz CT molecular complexity index is 1370. The predicted molar refractivity (Wildman–Crippen MR) is 149 cm³/mol. The molecule has 0 saturated heterocycles. The van der Waals surface area contributed by atoms with Crippen LogP contribution in [0.3, 0.4) is 0 Å². The van der Waals surface area contributed by atoms with Crippen LogP contribution in [0.2, 0.25) is 0 Å². The lowest BCUT2D eigenvalue weighted by molar-refractivity contribution is -0.170. The minimum atomic E-state index is -4.49. The van der Waals surface area contributed by atoms with Gasteiger partial charge in [0, 0.05) is 22.9 Å². The van der Waals surface area contributed by atoms with Crippen molar-refractivity contribution < 1.29 is 31.9 Å². The summed E-state index contributed by atoms with van der Waals surface area (Å²) in [7, 11) is 0. The molecule has 2 N–H and O–H groups in total. The third kappa shape index (κ3) is 8.10. The number of hydrogen-bond acceptors (Lipinski definition) is 6. The van der Waals surface area contributed by atoms with Gasteiger partial charge in [0.25, 0.3) is 0 Å². The molecule has 2 atom stereocenters. The molecule has 2 unspecified atom stereocenters. The molecule has 0 aliphatic carbocycles. The van der Waals surface area contributed by atoms with E-state index in [0.29, 0.717) is 22.9 Å². The number of alkyl halides is 3. The highest BCUT2D eigenvalue weighted by atomic mass is 19.4. The SMILES string of the molecule is CC(C)(C)CC(C)(C(=O)OCC(COc1ccc2cc(-c3ccccc3)c(=O)oc2c1)CC(F)(F)F)C(C)(C)N. The van der Waals surface area contributed by atoms with Gasteiger partial charge in [-0.1, -0.05) is 51.1 Å². The van der Waals surface area contributed by atoms with Crippen molar-refractivity contribution in [3.05, 3.63) is 65.0 Å². The molecule has 1 heterocycles. The average Bonchev–Trinajstić information content (AvgIpc) is 2.83. The first-order valence-corrected chi connectivity index (χ1v) is 13.2. The van der Waals surface area contributed by atoms with Gasteiger partial charge in [0.05, 0.1) is 30.6 Å². The summed E-state index contributed by atoms with van der Waals surface area (Å²) in [5.41, 5.74) is 4.76. The van der Waals surface area contributed by atoms with Crippen molar-refractivity contribution in [2.45, 2.75) is 66.1 Å². The fourth-order valence-electron chi connectivity index (χ4n) is 4.68. The molecule has 9 heteroatoms. The number of carbonyl (C=O) groups is 1. The zero-order valence-electron chi connectivity index (χ0n) is 23.9. The topological polar surface area (TPSA) is 91.8 Å². The molecule has 3 aromatic rings. The summed E-state index contributed by atoms with van der Waals surface area (Å²) in [6.45, 7) is 10.1. The van der Waals surface area contributed by atoms with E-state index in [1.165, 1.54) is 6.07 Å². The van der Waals surface area contributed by atoms with E-state index in [4.69, 9.17) is 19.6 Å². The number of halogens is 3. The number of ether oxygens (including phenoxy) is 2. The van der Waals surface area contributed by atoms with Crippen LogP contribution in [-0.2, 0) is 9.53 Å². The number of hydrogen-bond donors (Lipinski definition) is 1. The van der Waals surface area contributed by atoms with Gasteiger partial charge in [-0.15, -0.1) is 0 Å². The minimum absolute atomic E-state index is 0.224. The van der Waals surface area contributed by atoms with E-state index in [1.54, 1.807) is 51.1 Å². The molecule has 218 valence electrons. The van der Waals surface area contributed by atoms with Crippen molar-refractivity contribution in [1.29, 1.82) is 0 Å². The summed E-state index contributed by atoms with van der Waals surface area (Å²) < 4.78 is 56.7. The fourth-order valence-corrected chi connectivity index (χ4v) is 4.68. The molecule has 0 aliphatic rings. The highest BCUT2D eigenvalue weighted by Crippen LogP contribution is 2.42. The Balaban J connectivity index is 1.76. The molecule has 6 nitrogen and oxygen atoms in total. The zero-order chi connectivity index (χ0) is 29.9. The van der Waals surface area contributed by atoms with Gasteiger partial charge < -0.3 is 19.6 Å². The van der Waals surface area contributed by atoms with Crippen LogP contribution >= 0.6 is 0 Å². The molecule has 0 fully saturated rings. The van der Waals surface area contributed by atoms with Crippen LogP contribution in [0.4, 0.5) is 13.2 Å². The van der Waals surface area contributed by atoms with Crippen LogP contribution in [0.25, 0.3) is 22.1 Å². The number of benzene rings is 2. The maximum Gasteiger partial charge on any atom is 0.389 e. The first-order chi connectivity index (χ1) is 18.4. The summed E-state index contributed by atoms with van der Waals surface area (Å²) in [6, 6.07) is 15.5. The Labute approximate surface area is 232 Å². The fraction of sp³-hybridized carbons (Fsp3) is 0.484. The minimum Gasteiger partial charge on any atom is -0.493 e. The molecule has 0 saturated carbocycles. The monoisotopic (exact) mass is 561 g/mol. The van der Waals surface area contributed by atoms with E-state index in [0.717, 1.165) is 0 Å². The quantitative estimate of drug-likeness (QED) is 0.209. The summed E-state index contributed by atoms with van der Waals surface area (Å²) in [4.78, 5) is 25.7. The lowest BCUT2D eigenvalue weighted by atomic mass is 9.65. The Kier molecular flexibility index (Phi) is 9.09. The Hall–Kier alpha value is -3.33. The lowest BCUT2D eigenvalue weighted by Gasteiger charge is -2.43. The molecule has 2 aromatic carbocycles. The van der Waals surface area contributed by atoms with Gasteiger partial charge in [0.2, 0.25) is 0 Å². The number of carbonyl (C=O) groups excluding carboxylic acids is 1. The van der Waals surface area contributed by atoms with E-state index >= 15 is 0 Å². The standard InChI is InChI=1S/C31H38F3NO5/c1-28(2,3)19-30(6,29(4,5)35)27(37)39-18-20(16-31(32,33)34)17-38-23-13-12-22-14-24(21-10-8-7-9-11-21)26(36)40-25(22)15-23/h7-15,20H,16-19,35H2,1-6H3. The van der Waals surface area contributed by atoms with E-state index in [2.05, 4.69) is 0 Å². The van der Waals surface area contributed by atoms with Crippen LogP contribution in [0.1, 0.15) is 54.4 Å². The van der Waals surface area contributed by atoms with Crippen molar-refractivity contribution in [1.82, 2.24) is 0 Å². The first-order valence-electron chi connectivity index (χ1n) is 13.2. The third-order valence-corrected chi connectivity index (χ3v) is 7.00. The average molecular weight is 562 g/mol. The molecule has 1 aromatic heterocycles. The van der Waals surface area contributed by atoms with Gasteiger partial charge >= 0.3 is 17.8 Å². The van der Waals surface area contributed by atoms with E-state index in [9.17, 15) is 22.8 Å². The van der Waals surface area contributed by atoms with Gasteiger partial charge in [-0.25, -0.2) is 4.79 Å². The van der Waals surface area contributed by atoms with Crippen LogP contribution in [-0.4, -0.2) is 30.9 Å². The lowest BCUT2D eigenvalue weighted by Crippen LogP contribution is -2.56. The van der Waals surface area contributed by atoms with E-state index in [1.807, 2.05) is 39.0 Å².